The number of hydrogen-bond acceptors (Lipinski definition) is 7. The molecule has 1 N–H and O–H groups in total. The molecule has 230 valence electrons. The van der Waals surface area contributed by atoms with Gasteiger partial charge in [-0.05, 0) is 62.2 Å². The van der Waals surface area contributed by atoms with Crippen LogP contribution in [0.15, 0.2) is 65.6 Å². The van der Waals surface area contributed by atoms with Crippen LogP contribution in [0, 0.1) is 17.0 Å². The molecule has 43 heavy (non-hydrogen) atoms. The van der Waals surface area contributed by atoms with Crippen LogP contribution in [-0.4, -0.2) is 56.3 Å². The Morgan fingerprint density at radius 2 is 1.67 bits per heavy atom. The minimum absolute atomic E-state index is 0.0256. The highest BCUT2D eigenvalue weighted by molar-refractivity contribution is 7.92. The van der Waals surface area contributed by atoms with Gasteiger partial charge in [0, 0.05) is 34.8 Å². The van der Waals surface area contributed by atoms with Crippen molar-refractivity contribution in [3.63, 3.8) is 0 Å². The molecule has 0 radical (unpaired) electrons. The predicted molar refractivity (Wildman–Crippen MR) is 165 cm³/mol. The van der Waals surface area contributed by atoms with E-state index in [1.165, 1.54) is 49.3 Å². The van der Waals surface area contributed by atoms with Crippen LogP contribution >= 0.6 is 23.2 Å². The van der Waals surface area contributed by atoms with Gasteiger partial charge < -0.3 is 15.0 Å². The second kappa shape index (κ2) is 14.5. The number of carbonyl (C=O) groups is 2. The number of carbonyl (C=O) groups excluding carboxylic acids is 2. The highest BCUT2D eigenvalue weighted by atomic mass is 35.5. The van der Waals surface area contributed by atoms with Gasteiger partial charge in [-0.25, -0.2) is 8.42 Å². The number of anilines is 1. The summed E-state index contributed by atoms with van der Waals surface area (Å²) >= 11 is 12.3. The van der Waals surface area contributed by atoms with Crippen LogP contribution in [0.3, 0.4) is 0 Å². The second-order valence-electron chi connectivity index (χ2n) is 9.50. The number of benzene rings is 3. The maximum absolute atomic E-state index is 14.2. The molecule has 0 saturated heterocycles. The van der Waals surface area contributed by atoms with E-state index in [-0.39, 0.29) is 35.0 Å². The molecule has 0 aliphatic carbocycles. The number of nitrogens with zero attached hydrogens (tertiary/aromatic N) is 3. The van der Waals surface area contributed by atoms with Gasteiger partial charge in [-0.15, -0.1) is 0 Å². The van der Waals surface area contributed by atoms with E-state index >= 15 is 0 Å². The van der Waals surface area contributed by atoms with Crippen LogP contribution in [0.4, 0.5) is 11.4 Å². The summed E-state index contributed by atoms with van der Waals surface area (Å²) < 4.78 is 34.5. The zero-order chi connectivity index (χ0) is 31.9. The van der Waals surface area contributed by atoms with Gasteiger partial charge in [0.05, 0.1) is 22.6 Å². The predicted octanol–water partition coefficient (Wildman–Crippen LogP) is 5.36. The molecule has 1 atom stereocenters. The maximum Gasteiger partial charge on any atom is 0.273 e. The van der Waals surface area contributed by atoms with Crippen molar-refractivity contribution < 1.29 is 27.7 Å². The molecule has 0 saturated carbocycles. The number of hydrogen-bond donors (Lipinski definition) is 1. The van der Waals surface area contributed by atoms with Gasteiger partial charge in [0.15, 0.2) is 0 Å². The Labute approximate surface area is 260 Å². The second-order valence-corrected chi connectivity index (χ2v) is 12.2. The highest BCUT2D eigenvalue weighted by Gasteiger charge is 2.35. The van der Waals surface area contributed by atoms with Gasteiger partial charge >= 0.3 is 0 Å². The maximum atomic E-state index is 14.2. The first-order valence-corrected chi connectivity index (χ1v) is 15.5. The Morgan fingerprint density at radius 1 is 1.02 bits per heavy atom. The van der Waals surface area contributed by atoms with Crippen LogP contribution in [0.5, 0.6) is 5.75 Å². The Kier molecular flexibility index (Phi) is 11.4. The van der Waals surface area contributed by atoms with Crippen LogP contribution in [0.2, 0.25) is 10.0 Å². The van der Waals surface area contributed by atoms with Crippen LogP contribution in [0.25, 0.3) is 0 Å². The molecule has 14 heteroatoms. The summed E-state index contributed by atoms with van der Waals surface area (Å²) in [7, 11) is -3.30. The Hall–Kier alpha value is -3.87. The molecule has 0 fully saturated rings. The Morgan fingerprint density at radius 3 is 2.26 bits per heavy atom. The monoisotopic (exact) mass is 650 g/mol. The zero-order valence-electron chi connectivity index (χ0n) is 24.0. The van der Waals surface area contributed by atoms with Crippen molar-refractivity contribution in [2.75, 3.05) is 24.5 Å². The summed E-state index contributed by atoms with van der Waals surface area (Å²) in [6.07, 6.45) is 0.239. The van der Waals surface area contributed by atoms with E-state index in [1.54, 1.807) is 38.1 Å². The smallest absolute Gasteiger partial charge is 0.273 e. The molecule has 11 nitrogen and oxygen atoms in total. The van der Waals surface area contributed by atoms with Gasteiger partial charge in [0.25, 0.3) is 15.7 Å². The zero-order valence-corrected chi connectivity index (χ0v) is 26.4. The fourth-order valence-corrected chi connectivity index (χ4v) is 6.17. The number of nitro benzene ring substituents is 1. The normalized spacial score (nSPS) is 11.9. The van der Waals surface area contributed by atoms with E-state index in [2.05, 4.69) is 5.32 Å². The van der Waals surface area contributed by atoms with Gasteiger partial charge in [0.2, 0.25) is 11.8 Å². The lowest BCUT2D eigenvalue weighted by molar-refractivity contribution is -0.385. The van der Waals surface area contributed by atoms with Crippen LogP contribution in [0.1, 0.15) is 31.4 Å². The first-order chi connectivity index (χ1) is 20.3. The van der Waals surface area contributed by atoms with Crippen molar-refractivity contribution in [1.82, 2.24) is 10.2 Å². The highest BCUT2D eigenvalue weighted by Crippen LogP contribution is 2.36. The molecule has 3 rings (SSSR count). The molecule has 0 bridgehead atoms. The Bertz CT molecular complexity index is 1600. The number of nitrogens with one attached hydrogen (secondary N) is 1. The summed E-state index contributed by atoms with van der Waals surface area (Å²) in [6.45, 7) is 4.49. The summed E-state index contributed by atoms with van der Waals surface area (Å²) in [4.78, 5) is 39.0. The number of likely N-dealkylation sites (N-methyl/N-ethyl adjacent to an activating group) is 1. The first kappa shape index (κ1) is 33.6. The molecule has 0 aliphatic rings. The van der Waals surface area contributed by atoms with E-state index in [0.717, 1.165) is 10.4 Å². The van der Waals surface area contributed by atoms with Crippen LogP contribution in [-0.2, 0) is 26.2 Å². The number of sulfonamides is 1. The number of halogens is 2. The lowest BCUT2D eigenvalue weighted by Gasteiger charge is -2.33. The van der Waals surface area contributed by atoms with Crippen molar-refractivity contribution in [3.05, 3.63) is 92.0 Å². The molecule has 0 aromatic heterocycles. The third-order valence-corrected chi connectivity index (χ3v) is 8.90. The number of methoxy groups -OCH3 is 1. The van der Waals surface area contributed by atoms with Gasteiger partial charge in [-0.3, -0.25) is 24.0 Å². The summed E-state index contributed by atoms with van der Waals surface area (Å²) in [5, 5.41) is 15.0. The van der Waals surface area contributed by atoms with Crippen molar-refractivity contribution in [2.24, 2.45) is 0 Å². The van der Waals surface area contributed by atoms with Gasteiger partial charge in [-0.1, -0.05) is 48.3 Å². The topological polar surface area (TPSA) is 139 Å². The minimum Gasteiger partial charge on any atom is -0.495 e. The SMILES string of the molecule is CCNC(=O)[C@H](CC)N(Cc1ccc(Cl)cc1)C(=O)CN(c1cc(Cl)ccc1OC)S(=O)(=O)c1ccc(C)c([N+](=O)[O-])c1. The van der Waals surface area contributed by atoms with E-state index < -0.39 is 49.9 Å². The minimum atomic E-state index is -4.62. The first-order valence-electron chi connectivity index (χ1n) is 13.3. The van der Waals surface area contributed by atoms with Crippen molar-refractivity contribution >= 4 is 56.4 Å². The van der Waals surface area contributed by atoms with E-state index in [1.807, 2.05) is 0 Å². The molecule has 0 aliphatic heterocycles. The molecule has 2 amide bonds. The summed E-state index contributed by atoms with van der Waals surface area (Å²) in [5.74, 6) is -1.03. The standard InChI is InChI=1S/C29H32Cl2N4O7S/c1-5-24(29(37)32-6-2)33(17-20-8-10-21(30)11-9-20)28(36)18-34(26-15-22(31)12-14-27(26)42-4)43(40,41)23-13-7-19(3)25(16-23)35(38)39/h7-16,24H,5-6,17-18H2,1-4H3,(H,32,37)/t24-/m0/s1. The van der Waals surface area contributed by atoms with Crippen molar-refractivity contribution in [2.45, 2.75) is 44.7 Å². The average Bonchev–Trinajstić information content (AvgIpc) is 2.96. The third-order valence-electron chi connectivity index (χ3n) is 6.66. The fourth-order valence-electron chi connectivity index (χ4n) is 4.44. The Balaban J connectivity index is 2.18. The largest absolute Gasteiger partial charge is 0.495 e. The number of ether oxygens (including phenoxy) is 1. The van der Waals surface area contributed by atoms with E-state index in [4.69, 9.17) is 27.9 Å². The van der Waals surface area contributed by atoms with E-state index in [0.29, 0.717) is 17.1 Å². The number of aryl methyl sites for hydroxylation is 1. The molecular weight excluding hydrogens is 619 g/mol. The number of amides is 2. The van der Waals surface area contributed by atoms with Gasteiger partial charge in [-0.2, -0.15) is 0 Å². The summed E-state index contributed by atoms with van der Waals surface area (Å²) in [6, 6.07) is 13.5. The molecule has 3 aromatic carbocycles. The fraction of sp³-hybridized carbons (Fsp3) is 0.310. The molecular formula is C29H32Cl2N4O7S. The number of rotatable bonds is 13. The average molecular weight is 652 g/mol. The molecule has 0 unspecified atom stereocenters. The van der Waals surface area contributed by atoms with Gasteiger partial charge in [0.1, 0.15) is 18.3 Å². The van der Waals surface area contributed by atoms with E-state index in [9.17, 15) is 28.1 Å². The van der Waals surface area contributed by atoms with Crippen LogP contribution < -0.4 is 14.4 Å². The third kappa shape index (κ3) is 7.95. The lowest BCUT2D eigenvalue weighted by Crippen LogP contribution is -2.52. The molecule has 0 heterocycles. The molecule has 3 aromatic rings. The lowest BCUT2D eigenvalue weighted by atomic mass is 10.1. The van der Waals surface area contributed by atoms with Crippen molar-refractivity contribution in [1.29, 1.82) is 0 Å². The number of nitro groups is 1. The quantitative estimate of drug-likeness (QED) is 0.194. The summed E-state index contributed by atoms with van der Waals surface area (Å²) in [5.41, 5.74) is 0.444. The molecule has 0 spiro atoms. The van der Waals surface area contributed by atoms with Crippen molar-refractivity contribution in [3.8, 4) is 5.75 Å².